The number of hydrogen-bond acceptors (Lipinski definition) is 5. The van der Waals surface area contributed by atoms with Crippen molar-refractivity contribution in [2.75, 3.05) is 11.9 Å². The Morgan fingerprint density at radius 3 is 2.71 bits per heavy atom. The summed E-state index contributed by atoms with van der Waals surface area (Å²) in [6.45, 7) is 5.14. The number of hydrogen-bond donors (Lipinski definition) is 2. The highest BCUT2D eigenvalue weighted by Crippen LogP contribution is 2.10. The molecule has 0 fully saturated rings. The number of carbonyl (C=O) groups excluding carboxylic acids is 1. The van der Waals surface area contributed by atoms with Crippen molar-refractivity contribution in [1.29, 1.82) is 0 Å². The highest BCUT2D eigenvalue weighted by atomic mass is 16.1. The second-order valence-corrected chi connectivity index (χ2v) is 4.65. The van der Waals surface area contributed by atoms with E-state index in [2.05, 4.69) is 32.9 Å². The lowest BCUT2D eigenvalue weighted by atomic mass is 10.2. The van der Waals surface area contributed by atoms with Crippen LogP contribution in [0.25, 0.3) is 0 Å². The molecular formula is C14H20N6O. The minimum absolute atomic E-state index is 0.211. The summed E-state index contributed by atoms with van der Waals surface area (Å²) in [5, 5.41) is 18.2. The Bertz CT molecular complexity index is 604. The zero-order valence-electron chi connectivity index (χ0n) is 12.6. The summed E-state index contributed by atoms with van der Waals surface area (Å²) in [4.78, 5) is 11.6. The van der Waals surface area contributed by atoms with Crippen molar-refractivity contribution in [3.05, 3.63) is 35.3 Å². The lowest BCUT2D eigenvalue weighted by molar-refractivity contribution is 0.0950. The molecule has 0 spiro atoms. The van der Waals surface area contributed by atoms with E-state index in [9.17, 15) is 4.79 Å². The van der Waals surface area contributed by atoms with Gasteiger partial charge in [0, 0.05) is 31.9 Å². The van der Waals surface area contributed by atoms with Crippen LogP contribution in [0.1, 0.15) is 35.6 Å². The maximum atomic E-state index is 11.6. The van der Waals surface area contributed by atoms with Crippen molar-refractivity contribution in [2.24, 2.45) is 7.05 Å². The van der Waals surface area contributed by atoms with E-state index < -0.39 is 0 Å². The molecule has 2 N–H and O–H groups in total. The van der Waals surface area contributed by atoms with Gasteiger partial charge in [-0.1, -0.05) is 6.92 Å². The number of carbonyl (C=O) groups is 1. The molecule has 2 rings (SSSR count). The van der Waals surface area contributed by atoms with Gasteiger partial charge in [0.1, 0.15) is 5.82 Å². The Kier molecular flexibility index (Phi) is 4.86. The fourth-order valence-electron chi connectivity index (χ4n) is 2.01. The van der Waals surface area contributed by atoms with Crippen molar-refractivity contribution < 1.29 is 4.79 Å². The molecular weight excluding hydrogens is 268 g/mol. The molecule has 21 heavy (non-hydrogen) atoms. The van der Waals surface area contributed by atoms with Gasteiger partial charge < -0.3 is 10.6 Å². The smallest absolute Gasteiger partial charge is 0.271 e. The fourth-order valence-corrected chi connectivity index (χ4v) is 2.01. The lowest BCUT2D eigenvalue weighted by Gasteiger charge is -2.05. The van der Waals surface area contributed by atoms with Crippen LogP contribution in [0, 0.1) is 0 Å². The number of nitrogens with one attached hydrogen (secondary N) is 2. The van der Waals surface area contributed by atoms with Gasteiger partial charge in [0.15, 0.2) is 5.69 Å². The van der Waals surface area contributed by atoms with Gasteiger partial charge in [0.05, 0.1) is 5.69 Å². The molecule has 112 valence electrons. The Morgan fingerprint density at radius 2 is 2.10 bits per heavy atom. The van der Waals surface area contributed by atoms with E-state index in [1.54, 1.807) is 16.8 Å². The van der Waals surface area contributed by atoms with E-state index in [1.807, 2.05) is 20.2 Å². The minimum atomic E-state index is -0.211. The molecule has 2 aromatic heterocycles. The highest BCUT2D eigenvalue weighted by molar-refractivity contribution is 5.92. The van der Waals surface area contributed by atoms with Crippen LogP contribution in [0.5, 0.6) is 0 Å². The van der Waals surface area contributed by atoms with Crippen LogP contribution < -0.4 is 10.6 Å². The molecule has 0 unspecified atom stereocenters. The molecule has 2 heterocycles. The Morgan fingerprint density at radius 1 is 1.29 bits per heavy atom. The molecule has 7 nitrogen and oxygen atoms in total. The van der Waals surface area contributed by atoms with Crippen molar-refractivity contribution >= 4 is 11.7 Å². The average Bonchev–Trinajstić information content (AvgIpc) is 2.86. The maximum absolute atomic E-state index is 11.6. The van der Waals surface area contributed by atoms with Crippen LogP contribution in [-0.2, 0) is 20.0 Å². The topological polar surface area (TPSA) is 84.7 Å². The number of anilines is 1. The van der Waals surface area contributed by atoms with Gasteiger partial charge in [0.2, 0.25) is 0 Å². The van der Waals surface area contributed by atoms with Crippen LogP contribution in [0.3, 0.4) is 0 Å². The van der Waals surface area contributed by atoms with E-state index in [1.165, 1.54) is 0 Å². The molecule has 0 saturated carbocycles. The summed E-state index contributed by atoms with van der Waals surface area (Å²) >= 11 is 0. The lowest BCUT2D eigenvalue weighted by Crippen LogP contribution is -2.24. The second-order valence-electron chi connectivity index (χ2n) is 4.65. The Labute approximate surface area is 123 Å². The molecule has 0 aliphatic heterocycles. The van der Waals surface area contributed by atoms with Crippen molar-refractivity contribution in [3.8, 4) is 0 Å². The zero-order chi connectivity index (χ0) is 15.2. The first-order valence-electron chi connectivity index (χ1n) is 7.01. The molecule has 0 radical (unpaired) electrons. The second kappa shape index (κ2) is 6.83. The van der Waals surface area contributed by atoms with Crippen LogP contribution in [0.15, 0.2) is 18.3 Å². The zero-order valence-corrected chi connectivity index (χ0v) is 12.6. The molecule has 0 atom stereocenters. The summed E-state index contributed by atoms with van der Waals surface area (Å²) in [6, 6.07) is 3.41. The summed E-state index contributed by atoms with van der Waals surface area (Å²) in [5.41, 5.74) is 2.52. The van der Waals surface area contributed by atoms with E-state index >= 15 is 0 Å². The van der Waals surface area contributed by atoms with Gasteiger partial charge in [-0.25, -0.2) is 0 Å². The van der Waals surface area contributed by atoms with Gasteiger partial charge in [-0.2, -0.15) is 5.10 Å². The van der Waals surface area contributed by atoms with Gasteiger partial charge in [-0.15, -0.1) is 10.2 Å². The quantitative estimate of drug-likeness (QED) is 0.832. The first-order chi connectivity index (χ1) is 10.1. The predicted octanol–water partition coefficient (Wildman–Crippen LogP) is 1.13. The van der Waals surface area contributed by atoms with Gasteiger partial charge >= 0.3 is 0 Å². The van der Waals surface area contributed by atoms with Crippen LogP contribution in [-0.4, -0.2) is 32.4 Å². The molecule has 2 aromatic rings. The van der Waals surface area contributed by atoms with Crippen molar-refractivity contribution in [1.82, 2.24) is 25.3 Å². The van der Waals surface area contributed by atoms with E-state index in [0.717, 1.165) is 17.7 Å². The molecule has 0 aliphatic rings. The normalized spacial score (nSPS) is 10.4. The molecule has 0 aliphatic carbocycles. The number of rotatable bonds is 6. The first kappa shape index (κ1) is 15.0. The van der Waals surface area contributed by atoms with Gasteiger partial charge in [-0.3, -0.25) is 9.48 Å². The molecule has 7 heteroatoms. The van der Waals surface area contributed by atoms with Crippen LogP contribution in [0.4, 0.5) is 5.82 Å². The van der Waals surface area contributed by atoms with E-state index in [4.69, 9.17) is 0 Å². The monoisotopic (exact) mass is 288 g/mol. The summed E-state index contributed by atoms with van der Waals surface area (Å²) in [5.74, 6) is 0.422. The fraction of sp³-hybridized carbons (Fsp3) is 0.429. The maximum Gasteiger partial charge on any atom is 0.271 e. The van der Waals surface area contributed by atoms with Crippen LogP contribution >= 0.6 is 0 Å². The largest absolute Gasteiger partial charge is 0.364 e. The highest BCUT2D eigenvalue weighted by Gasteiger charge is 2.08. The van der Waals surface area contributed by atoms with Gasteiger partial charge in [0.25, 0.3) is 5.91 Å². The number of amides is 1. The van der Waals surface area contributed by atoms with Gasteiger partial charge in [-0.05, 0) is 25.5 Å². The van der Waals surface area contributed by atoms with E-state index in [-0.39, 0.29) is 5.91 Å². The third kappa shape index (κ3) is 3.77. The van der Waals surface area contributed by atoms with Crippen molar-refractivity contribution in [2.45, 2.75) is 26.8 Å². The van der Waals surface area contributed by atoms with Crippen LogP contribution in [0.2, 0.25) is 0 Å². The Hall–Kier alpha value is -2.44. The summed E-state index contributed by atoms with van der Waals surface area (Å²) < 4.78 is 1.81. The third-order valence-electron chi connectivity index (χ3n) is 3.02. The molecule has 0 bridgehead atoms. The molecule has 0 aromatic carbocycles. The Balaban J connectivity index is 1.99. The van der Waals surface area contributed by atoms with Crippen molar-refractivity contribution in [3.63, 3.8) is 0 Å². The third-order valence-corrected chi connectivity index (χ3v) is 3.02. The molecule has 1 amide bonds. The SMILES string of the molecule is CCNC(=O)c1ccc(NCc2cn(C)nc2CC)nn1. The summed E-state index contributed by atoms with van der Waals surface area (Å²) in [6.07, 6.45) is 2.88. The first-order valence-corrected chi connectivity index (χ1v) is 7.01. The summed E-state index contributed by atoms with van der Waals surface area (Å²) in [7, 11) is 1.91. The average molecular weight is 288 g/mol. The number of aryl methyl sites for hydroxylation is 2. The van der Waals surface area contributed by atoms with E-state index in [0.29, 0.717) is 24.6 Å². The standard InChI is InChI=1S/C14H20N6O/c1-4-11-10(9-20(3)19-11)8-16-13-7-6-12(17-18-13)14(21)15-5-2/h6-7,9H,4-5,8H2,1-3H3,(H,15,21)(H,16,18). The minimum Gasteiger partial charge on any atom is -0.364 e. The predicted molar refractivity (Wildman–Crippen MR) is 80.0 cm³/mol. The molecule has 0 saturated heterocycles. The number of nitrogens with zero attached hydrogens (tertiary/aromatic N) is 4. The number of aromatic nitrogens is 4.